The van der Waals surface area contributed by atoms with Crippen LogP contribution in [-0.4, -0.2) is 32.9 Å². The highest BCUT2D eigenvalue weighted by Crippen LogP contribution is 2.33. The lowest BCUT2D eigenvalue weighted by atomic mass is 9.92. The number of benzene rings is 1. The van der Waals surface area contributed by atoms with Crippen molar-refractivity contribution in [1.29, 1.82) is 0 Å². The molecule has 0 bridgehead atoms. The SMILES string of the molecule is CN(C)c1ccc(C(c2cnc3ccccn23)c2cnc3ccccn23)cc1. The van der Waals surface area contributed by atoms with Crippen LogP contribution < -0.4 is 4.90 Å². The summed E-state index contributed by atoms with van der Waals surface area (Å²) < 4.78 is 4.32. The van der Waals surface area contributed by atoms with Crippen LogP contribution in [0.25, 0.3) is 11.3 Å². The zero-order chi connectivity index (χ0) is 19.1. The van der Waals surface area contributed by atoms with Crippen LogP contribution in [0.15, 0.2) is 85.5 Å². The Morgan fingerprint density at radius 3 is 1.75 bits per heavy atom. The number of pyridine rings is 2. The first-order chi connectivity index (χ1) is 13.7. The van der Waals surface area contributed by atoms with E-state index in [2.05, 4.69) is 74.4 Å². The number of imidazole rings is 2. The van der Waals surface area contributed by atoms with E-state index in [4.69, 9.17) is 0 Å². The Bertz CT molecular complexity index is 1170. The molecule has 0 saturated carbocycles. The summed E-state index contributed by atoms with van der Waals surface area (Å²) in [5, 5.41) is 0. The van der Waals surface area contributed by atoms with Crippen molar-refractivity contribution in [3.05, 3.63) is 102 Å². The predicted molar refractivity (Wildman–Crippen MR) is 112 cm³/mol. The van der Waals surface area contributed by atoms with Crippen molar-refractivity contribution in [2.24, 2.45) is 0 Å². The van der Waals surface area contributed by atoms with Crippen LogP contribution in [0.5, 0.6) is 0 Å². The minimum Gasteiger partial charge on any atom is -0.378 e. The highest BCUT2D eigenvalue weighted by molar-refractivity contribution is 5.52. The van der Waals surface area contributed by atoms with Crippen molar-refractivity contribution in [2.45, 2.75) is 5.92 Å². The Morgan fingerprint density at radius 2 is 1.25 bits per heavy atom. The maximum atomic E-state index is 4.63. The van der Waals surface area contributed by atoms with Crippen LogP contribution in [0.1, 0.15) is 22.9 Å². The van der Waals surface area contributed by atoms with Gasteiger partial charge >= 0.3 is 0 Å². The highest BCUT2D eigenvalue weighted by atomic mass is 15.1. The molecule has 5 rings (SSSR count). The van der Waals surface area contributed by atoms with Crippen LogP contribution >= 0.6 is 0 Å². The molecule has 0 amide bonds. The van der Waals surface area contributed by atoms with Crippen molar-refractivity contribution in [3.63, 3.8) is 0 Å². The second-order valence-electron chi connectivity index (χ2n) is 7.14. The lowest BCUT2D eigenvalue weighted by Gasteiger charge is -2.19. The topological polar surface area (TPSA) is 37.8 Å². The first kappa shape index (κ1) is 16.6. The zero-order valence-electron chi connectivity index (χ0n) is 15.9. The van der Waals surface area contributed by atoms with Crippen molar-refractivity contribution >= 4 is 17.0 Å². The molecule has 5 heteroatoms. The van der Waals surface area contributed by atoms with Gasteiger partial charge in [-0.15, -0.1) is 0 Å². The van der Waals surface area contributed by atoms with Gasteiger partial charge in [0.2, 0.25) is 0 Å². The number of rotatable bonds is 4. The summed E-state index contributed by atoms with van der Waals surface area (Å²) in [5.41, 5.74) is 6.53. The number of hydrogen-bond donors (Lipinski definition) is 0. The number of nitrogens with zero attached hydrogens (tertiary/aromatic N) is 5. The van der Waals surface area contributed by atoms with Crippen LogP contribution in [0.3, 0.4) is 0 Å². The van der Waals surface area contributed by atoms with E-state index in [1.807, 2.05) is 48.8 Å². The maximum absolute atomic E-state index is 4.63. The Kier molecular flexibility index (Phi) is 3.86. The Balaban J connectivity index is 1.75. The van der Waals surface area contributed by atoms with Gasteiger partial charge < -0.3 is 13.7 Å². The first-order valence-electron chi connectivity index (χ1n) is 9.33. The Labute approximate surface area is 163 Å². The molecule has 0 aliphatic heterocycles. The fourth-order valence-corrected chi connectivity index (χ4v) is 3.79. The lowest BCUT2D eigenvalue weighted by Crippen LogP contribution is -2.11. The van der Waals surface area contributed by atoms with Crippen LogP contribution in [0.4, 0.5) is 5.69 Å². The van der Waals surface area contributed by atoms with Gasteiger partial charge in [0.15, 0.2) is 0 Å². The van der Waals surface area contributed by atoms with Gasteiger partial charge in [-0.05, 0) is 42.0 Å². The van der Waals surface area contributed by atoms with Crippen molar-refractivity contribution in [1.82, 2.24) is 18.8 Å². The molecule has 1 aromatic carbocycles. The highest BCUT2D eigenvalue weighted by Gasteiger charge is 2.24. The summed E-state index contributed by atoms with van der Waals surface area (Å²) in [6, 6.07) is 20.9. The molecule has 0 N–H and O–H groups in total. The lowest BCUT2D eigenvalue weighted by molar-refractivity contribution is 0.845. The van der Waals surface area contributed by atoms with Gasteiger partial charge in [-0.25, -0.2) is 9.97 Å². The third kappa shape index (κ3) is 2.63. The number of fused-ring (bicyclic) bond motifs is 2. The molecule has 138 valence electrons. The fourth-order valence-electron chi connectivity index (χ4n) is 3.79. The van der Waals surface area contributed by atoms with Crippen molar-refractivity contribution in [2.75, 3.05) is 19.0 Å². The van der Waals surface area contributed by atoms with Crippen molar-refractivity contribution in [3.8, 4) is 0 Å². The predicted octanol–water partition coefficient (Wildman–Crippen LogP) is 4.23. The third-order valence-corrected chi connectivity index (χ3v) is 5.23. The molecule has 0 saturated heterocycles. The standard InChI is InChI=1S/C23H21N5/c1-26(2)18-11-9-17(10-12-18)23(19-15-24-21-7-3-5-13-27(19)21)20-16-25-22-8-4-6-14-28(20)22/h3-16,23H,1-2H3. The van der Waals surface area contributed by atoms with Gasteiger partial charge in [-0.2, -0.15) is 0 Å². The van der Waals surface area contributed by atoms with Crippen LogP contribution in [0.2, 0.25) is 0 Å². The quantitative estimate of drug-likeness (QED) is 0.477. The molecule has 0 aliphatic rings. The maximum Gasteiger partial charge on any atom is 0.136 e. The molecule has 0 unspecified atom stereocenters. The molecule has 4 heterocycles. The van der Waals surface area contributed by atoms with E-state index in [0.717, 1.165) is 22.7 Å². The minimum atomic E-state index is 0.0195. The van der Waals surface area contributed by atoms with Gasteiger partial charge in [0.25, 0.3) is 0 Å². The van der Waals surface area contributed by atoms with Crippen LogP contribution in [0, 0.1) is 0 Å². The summed E-state index contributed by atoms with van der Waals surface area (Å²) in [7, 11) is 4.11. The molecule has 4 aromatic heterocycles. The monoisotopic (exact) mass is 367 g/mol. The third-order valence-electron chi connectivity index (χ3n) is 5.23. The van der Waals surface area contributed by atoms with Gasteiger partial charge in [-0.1, -0.05) is 24.3 Å². The van der Waals surface area contributed by atoms with Crippen molar-refractivity contribution < 1.29 is 0 Å². The molecular formula is C23H21N5. The normalized spacial score (nSPS) is 11.5. The molecule has 0 radical (unpaired) electrons. The summed E-state index contributed by atoms with van der Waals surface area (Å²) in [4.78, 5) is 11.4. The van der Waals surface area contributed by atoms with Gasteiger partial charge in [-0.3, -0.25) is 0 Å². The number of hydrogen-bond acceptors (Lipinski definition) is 3. The summed E-state index contributed by atoms with van der Waals surface area (Å²) >= 11 is 0. The average molecular weight is 367 g/mol. The van der Waals surface area contributed by atoms with E-state index < -0.39 is 0 Å². The van der Waals surface area contributed by atoms with E-state index in [9.17, 15) is 0 Å². The molecule has 0 spiro atoms. The molecular weight excluding hydrogens is 346 g/mol. The Morgan fingerprint density at radius 1 is 0.714 bits per heavy atom. The molecule has 5 nitrogen and oxygen atoms in total. The minimum absolute atomic E-state index is 0.0195. The second kappa shape index (κ2) is 6.53. The fraction of sp³-hybridized carbons (Fsp3) is 0.130. The van der Waals surface area contributed by atoms with Crippen LogP contribution in [-0.2, 0) is 0 Å². The van der Waals surface area contributed by atoms with E-state index >= 15 is 0 Å². The smallest absolute Gasteiger partial charge is 0.136 e. The zero-order valence-corrected chi connectivity index (χ0v) is 15.9. The molecule has 0 atom stereocenters. The largest absolute Gasteiger partial charge is 0.378 e. The number of anilines is 1. The molecule has 0 fully saturated rings. The van der Waals surface area contributed by atoms with E-state index in [1.54, 1.807) is 0 Å². The first-order valence-corrected chi connectivity index (χ1v) is 9.33. The average Bonchev–Trinajstić information content (AvgIpc) is 3.34. The molecule has 28 heavy (non-hydrogen) atoms. The van der Waals surface area contributed by atoms with E-state index in [0.29, 0.717) is 0 Å². The van der Waals surface area contributed by atoms with Gasteiger partial charge in [0, 0.05) is 32.2 Å². The number of aromatic nitrogens is 4. The summed E-state index contributed by atoms with van der Waals surface area (Å²) in [6.07, 6.45) is 8.09. The van der Waals surface area contributed by atoms with Gasteiger partial charge in [0.05, 0.1) is 29.7 Å². The summed E-state index contributed by atoms with van der Waals surface area (Å²) in [5.74, 6) is 0.0195. The van der Waals surface area contributed by atoms with E-state index in [1.165, 1.54) is 11.3 Å². The van der Waals surface area contributed by atoms with E-state index in [-0.39, 0.29) is 5.92 Å². The molecule has 5 aromatic rings. The van der Waals surface area contributed by atoms with Gasteiger partial charge in [0.1, 0.15) is 11.3 Å². The molecule has 0 aliphatic carbocycles. The Hall–Kier alpha value is -3.60. The second-order valence-corrected chi connectivity index (χ2v) is 7.14. The summed E-state index contributed by atoms with van der Waals surface area (Å²) in [6.45, 7) is 0.